The minimum atomic E-state index is -0.0549. The van der Waals surface area contributed by atoms with Crippen LogP contribution in [0, 0.1) is 23.7 Å². The number of aliphatic hydroxyl groups is 1. The largest absolute Gasteiger partial charge is 0.465 e. The first-order valence-corrected chi connectivity index (χ1v) is 9.71. The van der Waals surface area contributed by atoms with Crippen molar-refractivity contribution in [2.45, 2.75) is 71.1 Å². The van der Waals surface area contributed by atoms with Crippen molar-refractivity contribution in [2.24, 2.45) is 23.7 Å². The highest BCUT2D eigenvalue weighted by Gasteiger charge is 2.40. The van der Waals surface area contributed by atoms with Crippen LogP contribution in [-0.4, -0.2) is 24.3 Å². The molecule has 23 heavy (non-hydrogen) atoms. The monoisotopic (exact) mass is 322 g/mol. The molecule has 4 unspecified atom stereocenters. The smallest absolute Gasteiger partial charge is 0.305 e. The summed E-state index contributed by atoms with van der Waals surface area (Å²) in [5.74, 6) is 1.52. The molecule has 132 valence electrons. The van der Waals surface area contributed by atoms with Gasteiger partial charge in [-0.05, 0) is 37.0 Å². The van der Waals surface area contributed by atoms with Gasteiger partial charge in [0.05, 0.1) is 6.61 Å². The lowest BCUT2D eigenvalue weighted by atomic mass is 9.63. The van der Waals surface area contributed by atoms with E-state index in [9.17, 15) is 9.90 Å². The predicted molar refractivity (Wildman–Crippen MR) is 93.0 cm³/mol. The maximum Gasteiger partial charge on any atom is 0.305 e. The minimum Gasteiger partial charge on any atom is -0.465 e. The van der Waals surface area contributed by atoms with Gasteiger partial charge in [0.15, 0.2) is 0 Å². The summed E-state index contributed by atoms with van der Waals surface area (Å²) in [6.45, 7) is 2.93. The van der Waals surface area contributed by atoms with Gasteiger partial charge < -0.3 is 9.84 Å². The first-order chi connectivity index (χ1) is 11.3. The van der Waals surface area contributed by atoms with Crippen LogP contribution in [0.25, 0.3) is 0 Å². The van der Waals surface area contributed by atoms with Gasteiger partial charge in [-0.15, -0.1) is 0 Å². The molecule has 3 rings (SSSR count). The van der Waals surface area contributed by atoms with Crippen molar-refractivity contribution in [2.75, 3.05) is 13.2 Å². The van der Waals surface area contributed by atoms with Crippen LogP contribution in [0.3, 0.4) is 0 Å². The summed E-state index contributed by atoms with van der Waals surface area (Å²) in [4.78, 5) is 11.9. The molecular weight excluding hydrogens is 288 g/mol. The molecule has 3 aliphatic rings. The zero-order chi connectivity index (χ0) is 16.5. The average Bonchev–Trinajstić information content (AvgIpc) is 2.59. The summed E-state index contributed by atoms with van der Waals surface area (Å²) in [5, 5.41) is 9.64. The number of carbonyl (C=O) groups excluding carboxylic acids is 1. The molecule has 0 spiro atoms. The van der Waals surface area contributed by atoms with Crippen LogP contribution in [0.5, 0.6) is 0 Å². The fourth-order valence-electron chi connectivity index (χ4n) is 4.22. The standard InChI is InChI=1S/C20H34O3/c1-2-3-4-5-6-7-8-9-20(22)23-15-19-17-12-10-16(11-13-17)18(19)14-21/h10,12,16-19,21H,2-9,11,13-15H2,1H3. The molecule has 3 heteroatoms. The Hall–Kier alpha value is -0.830. The first kappa shape index (κ1) is 18.5. The maximum absolute atomic E-state index is 11.9. The second-order valence-electron chi connectivity index (χ2n) is 7.35. The summed E-state index contributed by atoms with van der Waals surface area (Å²) < 4.78 is 5.53. The molecule has 0 radical (unpaired) electrons. The van der Waals surface area contributed by atoms with Crippen LogP contribution in [0.15, 0.2) is 12.2 Å². The lowest BCUT2D eigenvalue weighted by Crippen LogP contribution is -2.41. The summed E-state index contributed by atoms with van der Waals surface area (Å²) in [7, 11) is 0. The Morgan fingerprint density at radius 1 is 1.00 bits per heavy atom. The van der Waals surface area contributed by atoms with Crippen LogP contribution in [0.4, 0.5) is 0 Å². The van der Waals surface area contributed by atoms with Gasteiger partial charge in [0.25, 0.3) is 0 Å². The Morgan fingerprint density at radius 2 is 1.61 bits per heavy atom. The second-order valence-corrected chi connectivity index (χ2v) is 7.35. The van der Waals surface area contributed by atoms with E-state index in [2.05, 4.69) is 19.1 Å². The highest BCUT2D eigenvalue weighted by atomic mass is 16.5. The number of unbranched alkanes of at least 4 members (excludes halogenated alkanes) is 6. The van der Waals surface area contributed by atoms with E-state index >= 15 is 0 Å². The number of aliphatic hydroxyl groups excluding tert-OH is 1. The van der Waals surface area contributed by atoms with Crippen molar-refractivity contribution in [3.05, 3.63) is 12.2 Å². The number of fused-ring (bicyclic) bond motifs is 2. The number of hydrogen-bond donors (Lipinski definition) is 1. The van der Waals surface area contributed by atoms with E-state index < -0.39 is 0 Å². The molecule has 4 atom stereocenters. The molecule has 0 aromatic rings. The van der Waals surface area contributed by atoms with Gasteiger partial charge in [-0.25, -0.2) is 0 Å². The van der Waals surface area contributed by atoms with Crippen molar-refractivity contribution in [1.82, 2.24) is 0 Å². The van der Waals surface area contributed by atoms with Crippen LogP contribution < -0.4 is 0 Å². The first-order valence-electron chi connectivity index (χ1n) is 9.71. The van der Waals surface area contributed by atoms with Gasteiger partial charge in [0.1, 0.15) is 0 Å². The molecule has 0 heterocycles. The quantitative estimate of drug-likeness (QED) is 0.346. The fraction of sp³-hybridized carbons (Fsp3) is 0.850. The third-order valence-electron chi connectivity index (χ3n) is 5.72. The fourth-order valence-corrected chi connectivity index (χ4v) is 4.22. The molecule has 1 N–H and O–H groups in total. The van der Waals surface area contributed by atoms with Gasteiger partial charge in [-0.1, -0.05) is 57.6 Å². The molecule has 0 saturated heterocycles. The number of carbonyl (C=O) groups is 1. The summed E-state index contributed by atoms with van der Waals surface area (Å²) >= 11 is 0. The summed E-state index contributed by atoms with van der Waals surface area (Å²) in [6.07, 6.45) is 16.0. The topological polar surface area (TPSA) is 46.5 Å². The molecule has 0 amide bonds. The van der Waals surface area contributed by atoms with Gasteiger partial charge >= 0.3 is 5.97 Å². The molecule has 3 aliphatic carbocycles. The Kier molecular flexibility index (Phi) is 8.14. The number of rotatable bonds is 11. The summed E-state index contributed by atoms with van der Waals surface area (Å²) in [5.41, 5.74) is 0. The molecule has 0 aliphatic heterocycles. The van der Waals surface area contributed by atoms with Crippen molar-refractivity contribution >= 4 is 5.97 Å². The lowest BCUT2D eigenvalue weighted by Gasteiger charge is -2.44. The molecule has 2 bridgehead atoms. The molecular formula is C20H34O3. The highest BCUT2D eigenvalue weighted by molar-refractivity contribution is 5.69. The van der Waals surface area contributed by atoms with Crippen molar-refractivity contribution in [1.29, 1.82) is 0 Å². The minimum absolute atomic E-state index is 0.0549. The number of hydrogen-bond acceptors (Lipinski definition) is 3. The van der Waals surface area contributed by atoms with Gasteiger partial charge in [0.2, 0.25) is 0 Å². The maximum atomic E-state index is 11.9. The average molecular weight is 322 g/mol. The molecule has 0 aromatic heterocycles. The van der Waals surface area contributed by atoms with Crippen LogP contribution >= 0.6 is 0 Å². The SMILES string of the molecule is CCCCCCCCCC(=O)OCC1C2C=CC(CC2)C1CO. The van der Waals surface area contributed by atoms with Crippen molar-refractivity contribution < 1.29 is 14.6 Å². The van der Waals surface area contributed by atoms with Crippen LogP contribution in [-0.2, 0) is 9.53 Å². The highest BCUT2D eigenvalue weighted by Crippen LogP contribution is 2.44. The van der Waals surface area contributed by atoms with E-state index in [1.165, 1.54) is 44.9 Å². The summed E-state index contributed by atoms with van der Waals surface area (Å²) in [6, 6.07) is 0. The Morgan fingerprint density at radius 3 is 2.22 bits per heavy atom. The second kappa shape index (κ2) is 10.1. The van der Waals surface area contributed by atoms with Gasteiger partial charge in [0, 0.05) is 18.9 Å². The molecule has 1 saturated carbocycles. The van der Waals surface area contributed by atoms with Gasteiger partial charge in [-0.2, -0.15) is 0 Å². The predicted octanol–water partition coefficient (Wildman–Crippen LogP) is 4.49. The van der Waals surface area contributed by atoms with E-state index in [4.69, 9.17) is 4.74 Å². The Labute approximate surface area is 141 Å². The van der Waals surface area contributed by atoms with E-state index in [0.29, 0.717) is 30.8 Å². The molecule has 3 nitrogen and oxygen atoms in total. The van der Waals surface area contributed by atoms with Crippen LogP contribution in [0.1, 0.15) is 71.1 Å². The zero-order valence-corrected chi connectivity index (χ0v) is 14.7. The lowest BCUT2D eigenvalue weighted by molar-refractivity contribution is -0.147. The third kappa shape index (κ3) is 5.63. The van der Waals surface area contributed by atoms with Crippen LogP contribution in [0.2, 0.25) is 0 Å². The van der Waals surface area contributed by atoms with E-state index in [1.54, 1.807) is 0 Å². The molecule has 1 fully saturated rings. The molecule has 0 aromatic carbocycles. The number of allylic oxidation sites excluding steroid dienone is 2. The normalized spacial score (nSPS) is 29.0. The van der Waals surface area contributed by atoms with Crippen molar-refractivity contribution in [3.8, 4) is 0 Å². The Bertz CT molecular complexity index is 377. The Balaban J connectivity index is 1.58. The van der Waals surface area contributed by atoms with Crippen molar-refractivity contribution in [3.63, 3.8) is 0 Å². The number of ether oxygens (including phenoxy) is 1. The van der Waals surface area contributed by atoms with E-state index in [1.807, 2.05) is 0 Å². The zero-order valence-electron chi connectivity index (χ0n) is 14.7. The third-order valence-corrected chi connectivity index (χ3v) is 5.72. The van der Waals surface area contributed by atoms with Gasteiger partial charge in [-0.3, -0.25) is 4.79 Å². The number of esters is 1. The van der Waals surface area contributed by atoms with E-state index in [-0.39, 0.29) is 18.5 Å². The van der Waals surface area contributed by atoms with E-state index in [0.717, 1.165) is 12.8 Å².